The van der Waals surface area contributed by atoms with Gasteiger partial charge in [-0.2, -0.15) is 0 Å². The molecule has 2 aliphatic carbocycles. The molecule has 9 aromatic rings. The van der Waals surface area contributed by atoms with Crippen LogP contribution in [0, 0.1) is 0 Å². The summed E-state index contributed by atoms with van der Waals surface area (Å²) in [7, 11) is 0. The van der Waals surface area contributed by atoms with E-state index in [4.69, 9.17) is 0 Å². The second-order valence-corrected chi connectivity index (χ2v) is 16.5. The third kappa shape index (κ3) is 5.39. The van der Waals surface area contributed by atoms with Gasteiger partial charge in [0.1, 0.15) is 0 Å². The molecule has 0 amide bonds. The summed E-state index contributed by atoms with van der Waals surface area (Å²) in [6.07, 6.45) is 0. The van der Waals surface area contributed by atoms with Crippen LogP contribution in [0.25, 0.3) is 44.5 Å². The van der Waals surface area contributed by atoms with Crippen molar-refractivity contribution in [1.29, 1.82) is 0 Å². The van der Waals surface area contributed by atoms with E-state index in [1.165, 1.54) is 77.9 Å². The molecule has 9 aromatic carbocycles. The van der Waals surface area contributed by atoms with E-state index >= 15 is 0 Å². The van der Waals surface area contributed by atoms with Crippen molar-refractivity contribution in [3.63, 3.8) is 0 Å². The first kappa shape index (κ1) is 35.0. The van der Waals surface area contributed by atoms with Crippen LogP contribution in [-0.2, 0) is 10.8 Å². The van der Waals surface area contributed by atoms with E-state index < -0.39 is 0 Å². The lowest BCUT2D eigenvalue weighted by atomic mass is 9.55. The summed E-state index contributed by atoms with van der Waals surface area (Å²) in [6, 6.07) is 82.8. The van der Waals surface area contributed by atoms with Crippen LogP contribution in [0.15, 0.2) is 224 Å². The first-order valence-electron chi connectivity index (χ1n) is 20.7. The zero-order valence-electron chi connectivity index (χ0n) is 33.3. The van der Waals surface area contributed by atoms with Crippen molar-refractivity contribution in [2.24, 2.45) is 0 Å². The van der Waals surface area contributed by atoms with Crippen molar-refractivity contribution in [3.05, 3.63) is 258 Å². The standard InChI is InChI=1S/C58H43N/c1-57(2)52-28-16-17-29-53(52)58(50-26-14-12-24-47(50)48-25-13-15-27-51(48)58)54-36-32-44(39-55(54)57)41-30-34-46(35-31-41)59(45-22-10-5-11-23-45)56-37-33-43(40-18-6-3-7-19-40)38-49(56)42-20-8-4-9-21-42/h3-39H,1-2H3. The van der Waals surface area contributed by atoms with Crippen LogP contribution in [0.1, 0.15) is 47.2 Å². The number of hydrogen-bond acceptors (Lipinski definition) is 1. The third-order valence-electron chi connectivity index (χ3n) is 13.0. The Labute approximate surface area is 347 Å². The molecular formula is C58H43N. The molecule has 0 radical (unpaired) electrons. The maximum atomic E-state index is 2.48. The molecule has 0 aliphatic heterocycles. The molecule has 1 spiro atoms. The highest BCUT2D eigenvalue weighted by Crippen LogP contribution is 2.62. The summed E-state index contributed by atoms with van der Waals surface area (Å²) in [5.41, 5.74) is 20.9. The molecule has 0 atom stereocenters. The number of benzene rings is 9. The fraction of sp³-hybridized carbons (Fsp3) is 0.0690. The average molecular weight is 754 g/mol. The van der Waals surface area contributed by atoms with E-state index in [-0.39, 0.29) is 10.8 Å². The number of fused-ring (bicyclic) bond motifs is 9. The molecule has 0 unspecified atom stereocenters. The highest BCUT2D eigenvalue weighted by Gasteiger charge is 2.53. The Hall–Kier alpha value is -7.22. The number of hydrogen-bond donors (Lipinski definition) is 0. The van der Waals surface area contributed by atoms with Gasteiger partial charge >= 0.3 is 0 Å². The Morgan fingerprint density at radius 1 is 0.288 bits per heavy atom. The van der Waals surface area contributed by atoms with Crippen LogP contribution in [0.3, 0.4) is 0 Å². The molecule has 11 rings (SSSR count). The number of rotatable bonds is 6. The molecule has 1 nitrogen and oxygen atoms in total. The lowest BCUT2D eigenvalue weighted by Gasteiger charge is -2.46. The van der Waals surface area contributed by atoms with Gasteiger partial charge in [0.25, 0.3) is 0 Å². The summed E-state index contributed by atoms with van der Waals surface area (Å²) < 4.78 is 0. The lowest BCUT2D eigenvalue weighted by Crippen LogP contribution is -2.40. The summed E-state index contributed by atoms with van der Waals surface area (Å²) >= 11 is 0. The smallest absolute Gasteiger partial charge is 0.0719 e. The molecule has 0 bridgehead atoms. The fourth-order valence-electron chi connectivity index (χ4n) is 10.2. The van der Waals surface area contributed by atoms with E-state index in [1.54, 1.807) is 0 Å². The van der Waals surface area contributed by atoms with Crippen molar-refractivity contribution >= 4 is 17.1 Å². The molecule has 1 heteroatoms. The maximum Gasteiger partial charge on any atom is 0.0719 e. The van der Waals surface area contributed by atoms with E-state index in [2.05, 4.69) is 243 Å². The Balaban J connectivity index is 1.05. The maximum absolute atomic E-state index is 2.48. The van der Waals surface area contributed by atoms with Crippen molar-refractivity contribution in [2.75, 3.05) is 4.90 Å². The van der Waals surface area contributed by atoms with Gasteiger partial charge in [0.2, 0.25) is 0 Å². The van der Waals surface area contributed by atoms with Gasteiger partial charge in [-0.15, -0.1) is 0 Å². The molecule has 0 saturated carbocycles. The Morgan fingerprint density at radius 2 is 0.729 bits per heavy atom. The highest BCUT2D eigenvalue weighted by molar-refractivity contribution is 5.92. The quantitative estimate of drug-likeness (QED) is 0.163. The van der Waals surface area contributed by atoms with E-state index in [0.717, 1.165) is 17.1 Å². The third-order valence-corrected chi connectivity index (χ3v) is 13.0. The Bertz CT molecular complexity index is 2950. The van der Waals surface area contributed by atoms with Gasteiger partial charge in [-0.05, 0) is 115 Å². The van der Waals surface area contributed by atoms with E-state index in [0.29, 0.717) is 0 Å². The van der Waals surface area contributed by atoms with Crippen molar-refractivity contribution < 1.29 is 0 Å². The molecule has 280 valence electrons. The largest absolute Gasteiger partial charge is 0.310 e. The first-order valence-corrected chi connectivity index (χ1v) is 20.7. The predicted octanol–water partition coefficient (Wildman–Crippen LogP) is 15.2. The van der Waals surface area contributed by atoms with Crippen LogP contribution < -0.4 is 4.90 Å². The molecule has 0 heterocycles. The molecule has 59 heavy (non-hydrogen) atoms. The van der Waals surface area contributed by atoms with E-state index in [9.17, 15) is 0 Å². The summed E-state index contributed by atoms with van der Waals surface area (Å²) in [6.45, 7) is 4.81. The van der Waals surface area contributed by atoms with Gasteiger partial charge in [0, 0.05) is 22.4 Å². The summed E-state index contributed by atoms with van der Waals surface area (Å²) in [5, 5.41) is 0. The number of anilines is 3. The molecule has 0 saturated heterocycles. The molecular weight excluding hydrogens is 711 g/mol. The van der Waals surface area contributed by atoms with Crippen molar-refractivity contribution in [1.82, 2.24) is 0 Å². The van der Waals surface area contributed by atoms with Crippen LogP contribution >= 0.6 is 0 Å². The normalized spacial score (nSPS) is 13.9. The summed E-state index contributed by atoms with van der Waals surface area (Å²) in [4.78, 5) is 2.40. The van der Waals surface area contributed by atoms with Gasteiger partial charge in [0.05, 0.1) is 11.1 Å². The van der Waals surface area contributed by atoms with Gasteiger partial charge < -0.3 is 4.90 Å². The highest BCUT2D eigenvalue weighted by atomic mass is 15.1. The van der Waals surface area contributed by atoms with Crippen molar-refractivity contribution in [2.45, 2.75) is 24.7 Å². The number of nitrogens with zero attached hydrogens (tertiary/aromatic N) is 1. The molecule has 0 aromatic heterocycles. The molecule has 2 aliphatic rings. The van der Waals surface area contributed by atoms with Gasteiger partial charge in [-0.25, -0.2) is 0 Å². The minimum atomic E-state index is -0.389. The van der Waals surface area contributed by atoms with Crippen LogP contribution in [-0.4, -0.2) is 0 Å². The van der Waals surface area contributed by atoms with Crippen molar-refractivity contribution in [3.8, 4) is 44.5 Å². The monoisotopic (exact) mass is 753 g/mol. The number of para-hydroxylation sites is 1. The zero-order chi connectivity index (χ0) is 39.6. The fourth-order valence-corrected chi connectivity index (χ4v) is 10.2. The summed E-state index contributed by atoms with van der Waals surface area (Å²) in [5.74, 6) is 0. The predicted molar refractivity (Wildman–Crippen MR) is 247 cm³/mol. The zero-order valence-corrected chi connectivity index (χ0v) is 33.3. The first-order chi connectivity index (χ1) is 29.0. The van der Waals surface area contributed by atoms with Gasteiger partial charge in [-0.3, -0.25) is 0 Å². The minimum absolute atomic E-state index is 0.205. The van der Waals surface area contributed by atoms with Gasteiger partial charge in [-0.1, -0.05) is 196 Å². The van der Waals surface area contributed by atoms with Crippen LogP contribution in [0.2, 0.25) is 0 Å². The average Bonchev–Trinajstić information content (AvgIpc) is 3.60. The topological polar surface area (TPSA) is 3.24 Å². The molecule has 0 fully saturated rings. The van der Waals surface area contributed by atoms with Gasteiger partial charge in [0.15, 0.2) is 0 Å². The minimum Gasteiger partial charge on any atom is -0.310 e. The van der Waals surface area contributed by atoms with Crippen LogP contribution in [0.5, 0.6) is 0 Å². The van der Waals surface area contributed by atoms with E-state index in [1.807, 2.05) is 0 Å². The molecule has 0 N–H and O–H groups in total. The Kier molecular flexibility index (Phi) is 8.13. The second kappa shape index (κ2) is 13.7. The lowest BCUT2D eigenvalue weighted by molar-refractivity contribution is 0.563. The van der Waals surface area contributed by atoms with Crippen LogP contribution in [0.4, 0.5) is 17.1 Å². The second-order valence-electron chi connectivity index (χ2n) is 16.5. The SMILES string of the molecule is CC1(C)c2ccccc2C2(c3ccccc3-c3ccccc32)c2ccc(-c3ccc(N(c4ccccc4)c4ccc(-c5ccccc5)cc4-c4ccccc4)cc3)cc21. The Morgan fingerprint density at radius 3 is 1.37 bits per heavy atom.